The number of pyridine rings is 1. The molecule has 7 nitrogen and oxygen atoms in total. The molecule has 0 saturated carbocycles. The second-order valence-corrected chi connectivity index (χ2v) is 7.59. The molecule has 0 aliphatic heterocycles. The fourth-order valence-electron chi connectivity index (χ4n) is 2.78. The lowest BCUT2D eigenvalue weighted by molar-refractivity contribution is 0.0600. The maximum atomic E-state index is 13.1. The molecule has 0 atom stereocenters. The van der Waals surface area contributed by atoms with Crippen LogP contribution in [0.4, 0.5) is 5.69 Å². The summed E-state index contributed by atoms with van der Waals surface area (Å²) in [6.07, 6.45) is 0.583. The Balaban J connectivity index is 2.53. The molecule has 8 heteroatoms. The van der Waals surface area contributed by atoms with E-state index in [0.29, 0.717) is 22.3 Å². The number of benzene rings is 1. The van der Waals surface area contributed by atoms with Crippen LogP contribution in [0.1, 0.15) is 63.2 Å². The summed E-state index contributed by atoms with van der Waals surface area (Å²) in [4.78, 5) is 42.2. The van der Waals surface area contributed by atoms with Gasteiger partial charge in [-0.05, 0) is 66.9 Å². The van der Waals surface area contributed by atoms with Crippen molar-refractivity contribution in [3.05, 3.63) is 56.8 Å². The summed E-state index contributed by atoms with van der Waals surface area (Å²) in [5.41, 5.74) is 2.08. The first-order valence-electron chi connectivity index (χ1n) is 9.19. The molecule has 1 aromatic heterocycles. The van der Waals surface area contributed by atoms with Crippen LogP contribution in [-0.4, -0.2) is 35.9 Å². The molecule has 0 spiro atoms. The topological polar surface area (TPSA) is 97.4 Å². The third-order valence-electron chi connectivity index (χ3n) is 4.16. The van der Waals surface area contributed by atoms with E-state index in [1.54, 1.807) is 25.1 Å². The van der Waals surface area contributed by atoms with Crippen molar-refractivity contribution in [1.29, 1.82) is 0 Å². The Hall–Kier alpha value is -2.74. The minimum Gasteiger partial charge on any atom is -0.465 e. The lowest BCUT2D eigenvalue weighted by Crippen LogP contribution is -2.33. The van der Waals surface area contributed by atoms with Crippen LogP contribution in [0, 0.1) is 6.92 Å². The van der Waals surface area contributed by atoms with Crippen molar-refractivity contribution in [1.82, 2.24) is 10.3 Å². The van der Waals surface area contributed by atoms with Crippen LogP contribution in [0.2, 0.25) is 0 Å². The molecule has 0 unspecified atom stereocenters. The lowest BCUT2D eigenvalue weighted by Gasteiger charge is -2.17. The summed E-state index contributed by atoms with van der Waals surface area (Å²) in [6, 6.07) is 6.64. The number of ether oxygens (including phenoxy) is 1. The van der Waals surface area contributed by atoms with Gasteiger partial charge < -0.3 is 15.4 Å². The van der Waals surface area contributed by atoms with E-state index in [0.717, 1.165) is 5.56 Å². The third kappa shape index (κ3) is 5.20. The number of nitrogens with one attached hydrogen (secondary N) is 2. The molecule has 0 fully saturated rings. The van der Waals surface area contributed by atoms with E-state index in [9.17, 15) is 14.4 Å². The Morgan fingerprint density at radius 1 is 1.14 bits per heavy atom. The minimum absolute atomic E-state index is 0.0314. The number of hydrogen-bond donors (Lipinski definition) is 2. The number of carbonyl (C=O) groups excluding carboxylic acids is 3. The Labute approximate surface area is 178 Å². The van der Waals surface area contributed by atoms with Crippen molar-refractivity contribution in [2.75, 3.05) is 12.4 Å². The Kier molecular flexibility index (Phi) is 7.50. The highest BCUT2D eigenvalue weighted by Gasteiger charge is 2.24. The molecule has 0 aliphatic carbocycles. The maximum absolute atomic E-state index is 13.1. The number of nitrogens with zero attached hydrogens (tertiary/aromatic N) is 1. The van der Waals surface area contributed by atoms with Crippen LogP contribution in [-0.2, 0) is 11.2 Å². The first kappa shape index (κ1) is 22.5. The molecule has 2 aromatic rings. The molecular weight excluding hydrogens is 438 g/mol. The summed E-state index contributed by atoms with van der Waals surface area (Å²) in [5.74, 6) is -1.56. The van der Waals surface area contributed by atoms with Crippen LogP contribution < -0.4 is 10.6 Å². The van der Waals surface area contributed by atoms with Gasteiger partial charge in [-0.25, -0.2) is 9.78 Å². The second-order valence-electron chi connectivity index (χ2n) is 6.73. The van der Waals surface area contributed by atoms with Gasteiger partial charge in [0, 0.05) is 16.2 Å². The zero-order valence-corrected chi connectivity index (χ0v) is 18.6. The van der Waals surface area contributed by atoms with Crippen LogP contribution in [0.5, 0.6) is 0 Å². The quantitative estimate of drug-likeness (QED) is 0.635. The van der Waals surface area contributed by atoms with E-state index in [-0.39, 0.29) is 22.9 Å². The third-order valence-corrected chi connectivity index (χ3v) is 4.82. The molecule has 154 valence electrons. The first-order valence-corrected chi connectivity index (χ1v) is 9.98. The lowest BCUT2D eigenvalue weighted by atomic mass is 10.0. The molecule has 0 aliphatic rings. The predicted molar refractivity (Wildman–Crippen MR) is 114 cm³/mol. The number of aryl methyl sites for hydroxylation is 2. The van der Waals surface area contributed by atoms with Crippen LogP contribution in [0.25, 0.3) is 0 Å². The number of halogens is 1. The largest absolute Gasteiger partial charge is 0.465 e. The smallest absolute Gasteiger partial charge is 0.341 e. The number of hydrogen-bond acceptors (Lipinski definition) is 5. The second kappa shape index (κ2) is 9.65. The molecule has 0 bridgehead atoms. The molecule has 2 N–H and O–H groups in total. The number of esters is 1. The van der Waals surface area contributed by atoms with E-state index in [4.69, 9.17) is 4.74 Å². The number of carbonyl (C=O) groups is 3. The monoisotopic (exact) mass is 461 g/mol. The Morgan fingerprint density at radius 2 is 1.83 bits per heavy atom. The predicted octanol–water partition coefficient (Wildman–Crippen LogP) is 3.89. The highest BCUT2D eigenvalue weighted by atomic mass is 79.9. The standard InChI is InChI=1S/C21H24BrN3O4/c1-6-13-8-10-15(22)16(21(28)29-5)17(13)25-19(26)14-9-7-12(4)24-18(14)20(27)23-11(2)3/h7-11H,6H2,1-5H3,(H,23,27)(H,25,26). The first-order chi connectivity index (χ1) is 13.7. The van der Waals surface area contributed by atoms with Gasteiger partial charge in [0.15, 0.2) is 0 Å². The summed E-state index contributed by atoms with van der Waals surface area (Å²) in [6.45, 7) is 7.30. The highest BCUT2D eigenvalue weighted by Crippen LogP contribution is 2.30. The molecule has 2 rings (SSSR count). The van der Waals surface area contributed by atoms with Gasteiger partial charge in [-0.3, -0.25) is 9.59 Å². The summed E-state index contributed by atoms with van der Waals surface area (Å²) in [7, 11) is 1.28. The Bertz CT molecular complexity index is 957. The molecular formula is C21H24BrN3O4. The number of amides is 2. The fraction of sp³-hybridized carbons (Fsp3) is 0.333. The summed E-state index contributed by atoms with van der Waals surface area (Å²) in [5, 5.41) is 5.53. The van der Waals surface area contributed by atoms with Crippen molar-refractivity contribution < 1.29 is 19.1 Å². The average molecular weight is 462 g/mol. The van der Waals surface area contributed by atoms with E-state index in [2.05, 4.69) is 31.5 Å². The fourth-order valence-corrected chi connectivity index (χ4v) is 3.28. The van der Waals surface area contributed by atoms with E-state index < -0.39 is 17.8 Å². The minimum atomic E-state index is -0.581. The van der Waals surface area contributed by atoms with Crippen molar-refractivity contribution >= 4 is 39.4 Å². The number of aromatic nitrogens is 1. The zero-order chi connectivity index (χ0) is 21.7. The van der Waals surface area contributed by atoms with Gasteiger partial charge in [0.1, 0.15) is 5.69 Å². The van der Waals surface area contributed by atoms with Crippen molar-refractivity contribution in [3.8, 4) is 0 Å². The van der Waals surface area contributed by atoms with E-state index in [1.165, 1.54) is 7.11 Å². The average Bonchev–Trinajstić information content (AvgIpc) is 2.67. The molecule has 2 amide bonds. The van der Waals surface area contributed by atoms with E-state index >= 15 is 0 Å². The maximum Gasteiger partial charge on any atom is 0.341 e. The van der Waals surface area contributed by atoms with Gasteiger partial charge in [-0.2, -0.15) is 0 Å². The SMILES string of the molecule is CCc1ccc(Br)c(C(=O)OC)c1NC(=O)c1ccc(C)nc1C(=O)NC(C)C. The van der Waals surface area contributed by atoms with Crippen LogP contribution >= 0.6 is 15.9 Å². The highest BCUT2D eigenvalue weighted by molar-refractivity contribution is 9.10. The van der Waals surface area contributed by atoms with Crippen molar-refractivity contribution in [2.45, 2.75) is 40.2 Å². The molecule has 0 radical (unpaired) electrons. The summed E-state index contributed by atoms with van der Waals surface area (Å²) < 4.78 is 5.37. The van der Waals surface area contributed by atoms with Crippen LogP contribution in [0.3, 0.4) is 0 Å². The van der Waals surface area contributed by atoms with Gasteiger partial charge in [-0.1, -0.05) is 13.0 Å². The van der Waals surface area contributed by atoms with Gasteiger partial charge >= 0.3 is 5.97 Å². The molecule has 1 aromatic carbocycles. The molecule has 0 saturated heterocycles. The van der Waals surface area contributed by atoms with Gasteiger partial charge in [0.05, 0.1) is 23.9 Å². The zero-order valence-electron chi connectivity index (χ0n) is 17.1. The summed E-state index contributed by atoms with van der Waals surface area (Å²) >= 11 is 3.34. The molecule has 29 heavy (non-hydrogen) atoms. The number of methoxy groups -OCH3 is 1. The van der Waals surface area contributed by atoms with Gasteiger partial charge in [0.2, 0.25) is 0 Å². The normalized spacial score (nSPS) is 10.6. The van der Waals surface area contributed by atoms with Gasteiger partial charge in [0.25, 0.3) is 11.8 Å². The molecule has 1 heterocycles. The van der Waals surface area contributed by atoms with E-state index in [1.807, 2.05) is 26.8 Å². The number of anilines is 1. The Morgan fingerprint density at radius 3 is 2.41 bits per heavy atom. The van der Waals surface area contributed by atoms with Crippen molar-refractivity contribution in [3.63, 3.8) is 0 Å². The van der Waals surface area contributed by atoms with Gasteiger partial charge in [-0.15, -0.1) is 0 Å². The van der Waals surface area contributed by atoms with Crippen molar-refractivity contribution in [2.24, 2.45) is 0 Å². The van der Waals surface area contributed by atoms with Crippen LogP contribution in [0.15, 0.2) is 28.7 Å². The number of rotatable bonds is 6.